The minimum absolute atomic E-state index is 0.0989. The van der Waals surface area contributed by atoms with Crippen molar-refractivity contribution >= 4 is 38.8 Å². The normalized spacial score (nSPS) is 15.8. The van der Waals surface area contributed by atoms with Crippen molar-refractivity contribution in [2.45, 2.75) is 39.3 Å². The van der Waals surface area contributed by atoms with Gasteiger partial charge < -0.3 is 14.8 Å². The molecule has 1 aromatic heterocycles. The van der Waals surface area contributed by atoms with Crippen LogP contribution in [-0.4, -0.2) is 39.4 Å². The molecule has 0 spiro atoms. The second kappa shape index (κ2) is 9.22. The Morgan fingerprint density at radius 2 is 1.90 bits per heavy atom. The predicted molar refractivity (Wildman–Crippen MR) is 125 cm³/mol. The van der Waals surface area contributed by atoms with Crippen LogP contribution in [0.15, 0.2) is 53.0 Å². The van der Waals surface area contributed by atoms with E-state index in [0.717, 1.165) is 41.4 Å². The number of imidazole rings is 1. The Morgan fingerprint density at radius 1 is 1.16 bits per heavy atom. The van der Waals surface area contributed by atoms with Crippen LogP contribution in [-0.2, 0) is 11.3 Å². The molecule has 1 unspecified atom stereocenters. The Morgan fingerprint density at radius 3 is 2.65 bits per heavy atom. The molecule has 2 heterocycles. The summed E-state index contributed by atoms with van der Waals surface area (Å²) in [4.78, 5) is 32.5. The predicted octanol–water partition coefficient (Wildman–Crippen LogP) is 4.55. The fourth-order valence-electron chi connectivity index (χ4n) is 4.06. The van der Waals surface area contributed by atoms with Gasteiger partial charge in [0.15, 0.2) is 0 Å². The number of hydrogen-bond acceptors (Lipinski definition) is 3. The Bertz CT molecular complexity index is 1100. The molecule has 0 saturated carbocycles. The number of rotatable bonds is 5. The molecule has 7 heteroatoms. The van der Waals surface area contributed by atoms with E-state index >= 15 is 0 Å². The van der Waals surface area contributed by atoms with Crippen molar-refractivity contribution in [1.82, 2.24) is 19.8 Å². The van der Waals surface area contributed by atoms with Gasteiger partial charge in [0.1, 0.15) is 12.4 Å². The summed E-state index contributed by atoms with van der Waals surface area (Å²) in [5.74, 6) is 1.27. The van der Waals surface area contributed by atoms with Crippen LogP contribution in [0, 0.1) is 5.92 Å². The lowest BCUT2D eigenvalue weighted by Gasteiger charge is -2.30. The third-order valence-electron chi connectivity index (χ3n) is 5.94. The number of piperidine rings is 1. The molecule has 3 aromatic rings. The quantitative estimate of drug-likeness (QED) is 0.579. The standard InChI is InChI=1S/C24H27BrN4O2/c1-16-10-12-28(13-11-16)22(30)15-29-21-9-4-3-8-20(21)27-23(29)17(2)26-24(31)18-6-5-7-19(25)14-18/h3-9,14,16-17H,10-13,15H2,1-2H3,(H,26,31). The zero-order valence-corrected chi connectivity index (χ0v) is 19.4. The molecule has 1 fully saturated rings. The van der Waals surface area contributed by atoms with E-state index in [2.05, 4.69) is 28.2 Å². The highest BCUT2D eigenvalue weighted by Crippen LogP contribution is 2.23. The van der Waals surface area contributed by atoms with Gasteiger partial charge in [-0.1, -0.05) is 41.1 Å². The minimum atomic E-state index is -0.354. The van der Waals surface area contributed by atoms with Crippen LogP contribution in [0.5, 0.6) is 0 Å². The van der Waals surface area contributed by atoms with Gasteiger partial charge in [0, 0.05) is 23.1 Å². The van der Waals surface area contributed by atoms with Gasteiger partial charge in [-0.2, -0.15) is 0 Å². The van der Waals surface area contributed by atoms with E-state index in [0.29, 0.717) is 17.3 Å². The largest absolute Gasteiger partial charge is 0.342 e. The highest BCUT2D eigenvalue weighted by Gasteiger charge is 2.24. The molecule has 0 bridgehead atoms. The molecule has 31 heavy (non-hydrogen) atoms. The fourth-order valence-corrected chi connectivity index (χ4v) is 4.46. The second-order valence-electron chi connectivity index (χ2n) is 8.31. The number of hydrogen-bond donors (Lipinski definition) is 1. The average molecular weight is 483 g/mol. The van der Waals surface area contributed by atoms with Crippen LogP contribution in [0.4, 0.5) is 0 Å². The molecule has 1 atom stereocenters. The van der Waals surface area contributed by atoms with Gasteiger partial charge in [-0.25, -0.2) is 4.98 Å². The molecule has 0 radical (unpaired) electrons. The number of fused-ring (bicyclic) bond motifs is 1. The summed E-state index contributed by atoms with van der Waals surface area (Å²) in [6, 6.07) is 14.7. The number of aromatic nitrogens is 2. The van der Waals surface area contributed by atoms with Crippen LogP contribution >= 0.6 is 15.9 Å². The number of nitrogens with one attached hydrogen (secondary N) is 1. The molecular weight excluding hydrogens is 456 g/mol. The SMILES string of the molecule is CC1CCN(C(=O)Cn2c(C(C)NC(=O)c3cccc(Br)c3)nc3ccccc32)CC1. The first-order valence-corrected chi connectivity index (χ1v) is 11.5. The lowest BCUT2D eigenvalue weighted by atomic mass is 9.99. The van der Waals surface area contributed by atoms with Gasteiger partial charge in [0.05, 0.1) is 17.1 Å². The number of halogens is 1. The number of carbonyl (C=O) groups is 2. The van der Waals surface area contributed by atoms with E-state index < -0.39 is 0 Å². The molecule has 1 N–H and O–H groups in total. The van der Waals surface area contributed by atoms with E-state index in [1.807, 2.05) is 52.8 Å². The summed E-state index contributed by atoms with van der Waals surface area (Å²) < 4.78 is 2.79. The Labute approximate surface area is 190 Å². The van der Waals surface area contributed by atoms with Gasteiger partial charge in [-0.3, -0.25) is 9.59 Å². The van der Waals surface area contributed by atoms with Crippen LogP contribution in [0.25, 0.3) is 11.0 Å². The van der Waals surface area contributed by atoms with Gasteiger partial charge in [-0.05, 0) is 56.0 Å². The molecule has 1 aliphatic heterocycles. The Hall–Kier alpha value is -2.67. The maximum absolute atomic E-state index is 13.1. The van der Waals surface area contributed by atoms with Crippen LogP contribution in [0.1, 0.15) is 48.9 Å². The highest BCUT2D eigenvalue weighted by atomic mass is 79.9. The summed E-state index contributed by atoms with van der Waals surface area (Å²) in [5, 5.41) is 3.03. The fraction of sp³-hybridized carbons (Fsp3) is 0.375. The van der Waals surface area contributed by atoms with Crippen molar-refractivity contribution in [3.8, 4) is 0 Å². The maximum atomic E-state index is 13.1. The number of carbonyl (C=O) groups excluding carboxylic acids is 2. The lowest BCUT2D eigenvalue weighted by molar-refractivity contribution is -0.133. The summed E-state index contributed by atoms with van der Waals surface area (Å²) >= 11 is 3.41. The Kier molecular flexibility index (Phi) is 6.41. The Balaban J connectivity index is 1.58. The number of nitrogens with zero attached hydrogens (tertiary/aromatic N) is 3. The molecule has 6 nitrogen and oxygen atoms in total. The third-order valence-corrected chi connectivity index (χ3v) is 6.43. The van der Waals surface area contributed by atoms with E-state index in [1.54, 1.807) is 12.1 Å². The van der Waals surface area contributed by atoms with Gasteiger partial charge in [0.2, 0.25) is 5.91 Å². The van der Waals surface area contributed by atoms with E-state index in [1.165, 1.54) is 0 Å². The van der Waals surface area contributed by atoms with E-state index in [-0.39, 0.29) is 24.4 Å². The summed E-state index contributed by atoms with van der Waals surface area (Å²) in [7, 11) is 0. The first-order chi connectivity index (χ1) is 14.9. The van der Waals surface area contributed by atoms with Gasteiger partial charge >= 0.3 is 0 Å². The molecule has 162 valence electrons. The smallest absolute Gasteiger partial charge is 0.251 e. The van der Waals surface area contributed by atoms with Crippen molar-refractivity contribution in [2.24, 2.45) is 5.92 Å². The number of benzene rings is 2. The van der Waals surface area contributed by atoms with Crippen molar-refractivity contribution in [3.05, 3.63) is 64.4 Å². The molecule has 2 aromatic carbocycles. The molecule has 0 aliphatic carbocycles. The van der Waals surface area contributed by atoms with Crippen LogP contribution in [0.2, 0.25) is 0 Å². The second-order valence-corrected chi connectivity index (χ2v) is 9.23. The van der Waals surface area contributed by atoms with Gasteiger partial charge in [0.25, 0.3) is 5.91 Å². The minimum Gasteiger partial charge on any atom is -0.342 e. The van der Waals surface area contributed by atoms with E-state index in [4.69, 9.17) is 4.98 Å². The topological polar surface area (TPSA) is 67.2 Å². The van der Waals surface area contributed by atoms with Crippen LogP contribution < -0.4 is 5.32 Å². The summed E-state index contributed by atoms with van der Waals surface area (Å²) in [6.07, 6.45) is 2.09. The first kappa shape index (κ1) is 21.6. The van der Waals surface area contributed by atoms with Crippen molar-refractivity contribution < 1.29 is 9.59 Å². The van der Waals surface area contributed by atoms with Crippen LogP contribution in [0.3, 0.4) is 0 Å². The van der Waals surface area contributed by atoms with Crippen molar-refractivity contribution in [1.29, 1.82) is 0 Å². The number of para-hydroxylation sites is 2. The monoisotopic (exact) mass is 482 g/mol. The summed E-state index contributed by atoms with van der Waals surface area (Å²) in [6.45, 7) is 5.97. The number of amides is 2. The zero-order valence-electron chi connectivity index (χ0n) is 17.8. The van der Waals surface area contributed by atoms with Crippen molar-refractivity contribution in [3.63, 3.8) is 0 Å². The summed E-state index contributed by atoms with van der Waals surface area (Å²) in [5.41, 5.74) is 2.29. The first-order valence-electron chi connectivity index (χ1n) is 10.7. The van der Waals surface area contributed by atoms with Crippen molar-refractivity contribution in [2.75, 3.05) is 13.1 Å². The molecule has 4 rings (SSSR count). The lowest BCUT2D eigenvalue weighted by Crippen LogP contribution is -2.40. The number of likely N-dealkylation sites (tertiary alicyclic amines) is 1. The van der Waals surface area contributed by atoms with Gasteiger partial charge in [-0.15, -0.1) is 0 Å². The zero-order chi connectivity index (χ0) is 22.0. The molecule has 1 aliphatic rings. The average Bonchev–Trinajstić information content (AvgIpc) is 3.13. The molecular formula is C24H27BrN4O2. The maximum Gasteiger partial charge on any atom is 0.251 e. The highest BCUT2D eigenvalue weighted by molar-refractivity contribution is 9.10. The third kappa shape index (κ3) is 4.82. The molecule has 2 amide bonds. The molecule has 1 saturated heterocycles. The van der Waals surface area contributed by atoms with E-state index in [9.17, 15) is 9.59 Å².